The van der Waals surface area contributed by atoms with E-state index in [1.54, 1.807) is 18.4 Å². The molecule has 2 rings (SSSR count). The maximum absolute atomic E-state index is 11.7. The minimum absolute atomic E-state index is 0.0264. The van der Waals surface area contributed by atoms with E-state index in [0.717, 1.165) is 22.8 Å². The van der Waals surface area contributed by atoms with E-state index in [4.69, 9.17) is 0 Å². The van der Waals surface area contributed by atoms with Crippen molar-refractivity contribution in [3.8, 4) is 0 Å². The SMILES string of the molecule is CNC(=O)C1CNCCN1c1nc(Br)cs1. The lowest BCUT2D eigenvalue weighted by atomic mass is 10.2. The molecule has 5 nitrogen and oxygen atoms in total. The first-order valence-electron chi connectivity index (χ1n) is 5.02. The van der Waals surface area contributed by atoms with Gasteiger partial charge in [-0.05, 0) is 15.9 Å². The van der Waals surface area contributed by atoms with Crippen LogP contribution in [0.3, 0.4) is 0 Å². The first-order valence-corrected chi connectivity index (χ1v) is 6.69. The molecule has 0 radical (unpaired) electrons. The maximum atomic E-state index is 11.7. The van der Waals surface area contributed by atoms with Crippen molar-refractivity contribution in [2.45, 2.75) is 6.04 Å². The van der Waals surface area contributed by atoms with Gasteiger partial charge in [0, 0.05) is 32.1 Å². The molecule has 16 heavy (non-hydrogen) atoms. The molecule has 1 amide bonds. The van der Waals surface area contributed by atoms with E-state index in [1.807, 2.05) is 10.3 Å². The molecule has 0 bridgehead atoms. The molecule has 1 aliphatic heterocycles. The van der Waals surface area contributed by atoms with Gasteiger partial charge >= 0.3 is 0 Å². The molecule has 1 fully saturated rings. The Morgan fingerprint density at radius 3 is 3.25 bits per heavy atom. The smallest absolute Gasteiger partial charge is 0.243 e. The third kappa shape index (κ3) is 2.36. The Labute approximate surface area is 106 Å². The summed E-state index contributed by atoms with van der Waals surface area (Å²) in [6.07, 6.45) is 0. The Kier molecular flexibility index (Phi) is 3.78. The Bertz CT molecular complexity index is 383. The first-order chi connectivity index (χ1) is 7.72. The van der Waals surface area contributed by atoms with Crippen LogP contribution in [0, 0.1) is 0 Å². The molecule has 1 atom stereocenters. The van der Waals surface area contributed by atoms with Crippen LogP contribution in [0.4, 0.5) is 5.13 Å². The van der Waals surface area contributed by atoms with Gasteiger partial charge in [-0.3, -0.25) is 4.79 Å². The fraction of sp³-hybridized carbons (Fsp3) is 0.556. The number of rotatable bonds is 2. The summed E-state index contributed by atoms with van der Waals surface area (Å²) >= 11 is 4.88. The second-order valence-electron chi connectivity index (χ2n) is 3.48. The predicted octanol–water partition coefficient (Wildman–Crippen LogP) is 0.430. The maximum Gasteiger partial charge on any atom is 0.243 e. The Balaban J connectivity index is 2.19. The summed E-state index contributed by atoms with van der Waals surface area (Å²) in [4.78, 5) is 18.1. The molecule has 1 aliphatic rings. The van der Waals surface area contributed by atoms with Gasteiger partial charge in [0.1, 0.15) is 10.6 Å². The fourth-order valence-corrected chi connectivity index (χ4v) is 3.04. The van der Waals surface area contributed by atoms with Crippen molar-refractivity contribution in [3.05, 3.63) is 9.98 Å². The van der Waals surface area contributed by atoms with Crippen molar-refractivity contribution in [3.63, 3.8) is 0 Å². The predicted molar refractivity (Wildman–Crippen MR) is 67.9 cm³/mol. The molecule has 7 heteroatoms. The number of halogens is 1. The third-order valence-electron chi connectivity index (χ3n) is 2.50. The minimum Gasteiger partial charge on any atom is -0.357 e. The first kappa shape index (κ1) is 11.8. The molecule has 1 aromatic heterocycles. The summed E-state index contributed by atoms with van der Waals surface area (Å²) in [6, 6.07) is -0.170. The number of hydrogen-bond donors (Lipinski definition) is 2. The Morgan fingerprint density at radius 2 is 2.62 bits per heavy atom. The van der Waals surface area contributed by atoms with E-state index in [-0.39, 0.29) is 11.9 Å². The van der Waals surface area contributed by atoms with Crippen LogP contribution in [0.5, 0.6) is 0 Å². The number of thiazole rings is 1. The molecule has 0 aliphatic carbocycles. The second-order valence-corrected chi connectivity index (χ2v) is 5.13. The van der Waals surface area contributed by atoms with Gasteiger partial charge in [0.05, 0.1) is 0 Å². The molecule has 0 spiro atoms. The van der Waals surface area contributed by atoms with Crippen LogP contribution in [-0.4, -0.2) is 43.6 Å². The summed E-state index contributed by atoms with van der Waals surface area (Å²) in [5, 5.41) is 8.72. The molecule has 1 aromatic rings. The largest absolute Gasteiger partial charge is 0.357 e. The number of amides is 1. The number of likely N-dealkylation sites (N-methyl/N-ethyl adjacent to an activating group) is 1. The van der Waals surface area contributed by atoms with Gasteiger partial charge in [0.15, 0.2) is 5.13 Å². The van der Waals surface area contributed by atoms with E-state index in [1.165, 1.54) is 0 Å². The average Bonchev–Trinajstić information content (AvgIpc) is 2.75. The van der Waals surface area contributed by atoms with Crippen LogP contribution >= 0.6 is 27.3 Å². The van der Waals surface area contributed by atoms with Crippen LogP contribution in [-0.2, 0) is 4.79 Å². The Morgan fingerprint density at radius 1 is 1.81 bits per heavy atom. The van der Waals surface area contributed by atoms with Crippen molar-refractivity contribution < 1.29 is 4.79 Å². The van der Waals surface area contributed by atoms with Crippen molar-refractivity contribution in [1.82, 2.24) is 15.6 Å². The average molecular weight is 305 g/mol. The second kappa shape index (κ2) is 5.11. The summed E-state index contributed by atoms with van der Waals surface area (Å²) in [6.45, 7) is 2.35. The van der Waals surface area contributed by atoms with Gasteiger partial charge in [0.2, 0.25) is 5.91 Å². The zero-order chi connectivity index (χ0) is 11.5. The van der Waals surface area contributed by atoms with Gasteiger partial charge < -0.3 is 15.5 Å². The molecule has 88 valence electrons. The molecule has 0 saturated carbocycles. The lowest BCUT2D eigenvalue weighted by Gasteiger charge is -2.34. The number of carbonyl (C=O) groups is 1. The molecule has 2 N–H and O–H groups in total. The van der Waals surface area contributed by atoms with E-state index < -0.39 is 0 Å². The summed E-state index contributed by atoms with van der Waals surface area (Å²) in [5.41, 5.74) is 0. The quantitative estimate of drug-likeness (QED) is 0.832. The van der Waals surface area contributed by atoms with E-state index >= 15 is 0 Å². The molecule has 1 unspecified atom stereocenters. The number of piperazine rings is 1. The van der Waals surface area contributed by atoms with Gasteiger partial charge in [-0.1, -0.05) is 0 Å². The van der Waals surface area contributed by atoms with Crippen molar-refractivity contribution in [2.75, 3.05) is 31.6 Å². The highest BCUT2D eigenvalue weighted by molar-refractivity contribution is 9.10. The van der Waals surface area contributed by atoms with Gasteiger partial charge in [0.25, 0.3) is 0 Å². The van der Waals surface area contributed by atoms with Crippen LogP contribution in [0.25, 0.3) is 0 Å². The zero-order valence-corrected chi connectivity index (χ0v) is 11.3. The van der Waals surface area contributed by atoms with Gasteiger partial charge in [-0.2, -0.15) is 0 Å². The highest BCUT2D eigenvalue weighted by Gasteiger charge is 2.29. The van der Waals surface area contributed by atoms with Crippen molar-refractivity contribution >= 4 is 38.3 Å². The summed E-state index contributed by atoms with van der Waals surface area (Å²) < 4.78 is 0.821. The number of carbonyl (C=O) groups excluding carboxylic acids is 1. The monoisotopic (exact) mass is 304 g/mol. The molecule has 1 saturated heterocycles. The number of aromatic nitrogens is 1. The number of nitrogens with one attached hydrogen (secondary N) is 2. The standard InChI is InChI=1S/C9H13BrN4OS/c1-11-8(15)6-4-12-2-3-14(6)9-13-7(10)5-16-9/h5-6,12H,2-4H2,1H3,(H,11,15). The summed E-state index contributed by atoms with van der Waals surface area (Å²) in [5.74, 6) is 0.0264. The van der Waals surface area contributed by atoms with Crippen molar-refractivity contribution in [2.24, 2.45) is 0 Å². The third-order valence-corrected chi connectivity index (χ3v) is 4.09. The minimum atomic E-state index is -0.170. The summed E-state index contributed by atoms with van der Waals surface area (Å²) in [7, 11) is 1.66. The van der Waals surface area contributed by atoms with Crippen molar-refractivity contribution in [1.29, 1.82) is 0 Å². The topological polar surface area (TPSA) is 57.3 Å². The van der Waals surface area contributed by atoms with Crippen LogP contribution < -0.4 is 15.5 Å². The highest BCUT2D eigenvalue weighted by atomic mass is 79.9. The molecule has 2 heterocycles. The lowest BCUT2D eigenvalue weighted by Crippen LogP contribution is -2.57. The van der Waals surface area contributed by atoms with Gasteiger partial charge in [-0.25, -0.2) is 4.98 Å². The fourth-order valence-electron chi connectivity index (χ4n) is 1.71. The van der Waals surface area contributed by atoms with Crippen LogP contribution in [0.2, 0.25) is 0 Å². The molecular weight excluding hydrogens is 292 g/mol. The highest BCUT2D eigenvalue weighted by Crippen LogP contribution is 2.25. The number of nitrogens with zero attached hydrogens (tertiary/aromatic N) is 2. The molecule has 0 aromatic carbocycles. The van der Waals surface area contributed by atoms with Crippen LogP contribution in [0.15, 0.2) is 9.98 Å². The van der Waals surface area contributed by atoms with Gasteiger partial charge in [-0.15, -0.1) is 11.3 Å². The van der Waals surface area contributed by atoms with E-state index in [2.05, 4.69) is 31.5 Å². The normalized spacial score (nSPS) is 20.9. The lowest BCUT2D eigenvalue weighted by molar-refractivity contribution is -0.122. The zero-order valence-electron chi connectivity index (χ0n) is 8.86. The van der Waals surface area contributed by atoms with Crippen LogP contribution in [0.1, 0.15) is 0 Å². The van der Waals surface area contributed by atoms with E-state index in [9.17, 15) is 4.79 Å². The molecular formula is C9H13BrN4OS. The van der Waals surface area contributed by atoms with E-state index in [0.29, 0.717) is 6.54 Å². The Hall–Kier alpha value is -0.660. The number of anilines is 1. The number of hydrogen-bond acceptors (Lipinski definition) is 5.